The van der Waals surface area contributed by atoms with Crippen LogP contribution in [0.15, 0.2) is 46.1 Å². The summed E-state index contributed by atoms with van der Waals surface area (Å²) in [5.74, 6) is 0.418. The number of nitrogens with zero attached hydrogens (tertiary/aromatic N) is 4. The van der Waals surface area contributed by atoms with E-state index in [-0.39, 0.29) is 17.9 Å². The van der Waals surface area contributed by atoms with Crippen molar-refractivity contribution in [3.8, 4) is 17.2 Å². The van der Waals surface area contributed by atoms with Gasteiger partial charge >= 0.3 is 12.1 Å². The van der Waals surface area contributed by atoms with Crippen molar-refractivity contribution in [1.29, 1.82) is 0 Å². The molecule has 0 N–H and O–H groups in total. The fraction of sp³-hybridized carbons (Fsp3) is 0.316. The second-order valence-corrected chi connectivity index (χ2v) is 7.40. The van der Waals surface area contributed by atoms with E-state index in [9.17, 15) is 18.0 Å². The number of ether oxygens (including phenoxy) is 2. The lowest BCUT2D eigenvalue weighted by Gasteiger charge is -2.18. The summed E-state index contributed by atoms with van der Waals surface area (Å²) in [5.41, 5.74) is 0.455. The molecule has 158 valence electrons. The first kappa shape index (κ1) is 20.3. The van der Waals surface area contributed by atoms with E-state index in [0.717, 1.165) is 38.7 Å². The highest BCUT2D eigenvalue weighted by Crippen LogP contribution is 2.45. The SMILES string of the molecule is Cn1nnn(-c2cccc(OC(F)(F)F)c2COc2ccc(S)cc2C2CC2)c1=O. The third-order valence-electron chi connectivity index (χ3n) is 4.67. The van der Waals surface area contributed by atoms with E-state index in [4.69, 9.17) is 4.74 Å². The molecule has 0 radical (unpaired) electrons. The number of aryl methyl sites for hydroxylation is 1. The van der Waals surface area contributed by atoms with Crippen molar-refractivity contribution in [2.75, 3.05) is 0 Å². The minimum Gasteiger partial charge on any atom is -0.488 e. The Morgan fingerprint density at radius 3 is 2.57 bits per heavy atom. The van der Waals surface area contributed by atoms with E-state index in [1.165, 1.54) is 19.2 Å². The Hall–Kier alpha value is -2.95. The van der Waals surface area contributed by atoms with Gasteiger partial charge in [0.2, 0.25) is 0 Å². The van der Waals surface area contributed by atoms with Gasteiger partial charge in [0.1, 0.15) is 18.1 Å². The molecule has 0 saturated heterocycles. The number of rotatable bonds is 6. The molecular formula is C19H17F3N4O3S. The van der Waals surface area contributed by atoms with Gasteiger partial charge in [0.25, 0.3) is 0 Å². The fourth-order valence-corrected chi connectivity index (χ4v) is 3.33. The van der Waals surface area contributed by atoms with Crippen molar-refractivity contribution in [1.82, 2.24) is 19.8 Å². The molecule has 2 aromatic carbocycles. The van der Waals surface area contributed by atoms with Crippen LogP contribution < -0.4 is 15.2 Å². The molecule has 1 fully saturated rings. The minimum atomic E-state index is -4.91. The van der Waals surface area contributed by atoms with Crippen LogP contribution in [-0.4, -0.2) is 26.2 Å². The molecular weight excluding hydrogens is 421 g/mol. The van der Waals surface area contributed by atoms with Gasteiger partial charge in [0.05, 0.1) is 11.3 Å². The summed E-state index contributed by atoms with van der Waals surface area (Å²) in [6.07, 6.45) is -2.88. The Morgan fingerprint density at radius 2 is 1.93 bits per heavy atom. The van der Waals surface area contributed by atoms with E-state index >= 15 is 0 Å². The Kier molecular flexibility index (Phi) is 5.22. The van der Waals surface area contributed by atoms with Gasteiger partial charge in [-0.05, 0) is 65.1 Å². The fourth-order valence-electron chi connectivity index (χ4n) is 3.11. The van der Waals surface area contributed by atoms with E-state index < -0.39 is 17.8 Å². The van der Waals surface area contributed by atoms with Gasteiger partial charge in [-0.2, -0.15) is 9.36 Å². The average Bonchev–Trinajstić information content (AvgIpc) is 3.46. The van der Waals surface area contributed by atoms with Crippen LogP contribution in [0.1, 0.15) is 29.9 Å². The smallest absolute Gasteiger partial charge is 0.488 e. The number of hydrogen-bond acceptors (Lipinski definition) is 6. The number of alkyl halides is 3. The third-order valence-corrected chi connectivity index (χ3v) is 4.94. The molecule has 1 heterocycles. The normalized spacial score (nSPS) is 14.0. The number of benzene rings is 2. The Labute approximate surface area is 174 Å². The minimum absolute atomic E-state index is 0.0223. The number of halogens is 3. The second kappa shape index (κ2) is 7.71. The van der Waals surface area contributed by atoms with E-state index in [0.29, 0.717) is 11.7 Å². The Morgan fingerprint density at radius 1 is 1.17 bits per heavy atom. The highest BCUT2D eigenvalue weighted by atomic mass is 32.1. The summed E-state index contributed by atoms with van der Waals surface area (Å²) in [6, 6.07) is 9.33. The molecule has 0 unspecified atom stereocenters. The molecule has 0 atom stereocenters. The molecule has 1 aliphatic rings. The number of thiol groups is 1. The molecule has 1 aromatic heterocycles. The number of hydrogen-bond donors (Lipinski definition) is 1. The standard InChI is InChI=1S/C19H17F3N4O3S/c1-25-18(27)26(24-23-25)15-3-2-4-17(29-19(20,21)22)14(15)10-28-16-8-7-12(30)9-13(16)11-5-6-11/h2-4,7-9,11,30H,5-6,10H2,1H3. The van der Waals surface area contributed by atoms with Gasteiger partial charge in [-0.1, -0.05) is 6.07 Å². The first-order valence-electron chi connectivity index (χ1n) is 9.05. The van der Waals surface area contributed by atoms with Crippen LogP contribution in [0.5, 0.6) is 11.5 Å². The van der Waals surface area contributed by atoms with Crippen LogP contribution in [-0.2, 0) is 13.7 Å². The number of tetrazole rings is 1. The van der Waals surface area contributed by atoms with Crippen LogP contribution in [0.4, 0.5) is 13.2 Å². The maximum Gasteiger partial charge on any atom is 0.573 e. The van der Waals surface area contributed by atoms with Crippen molar-refractivity contribution >= 4 is 12.6 Å². The predicted molar refractivity (Wildman–Crippen MR) is 103 cm³/mol. The van der Waals surface area contributed by atoms with Gasteiger partial charge < -0.3 is 9.47 Å². The van der Waals surface area contributed by atoms with Gasteiger partial charge in [-0.15, -0.1) is 25.8 Å². The summed E-state index contributed by atoms with van der Waals surface area (Å²) in [5, 5.41) is 7.34. The molecule has 4 rings (SSSR count). The molecule has 0 amide bonds. The molecule has 0 spiro atoms. The summed E-state index contributed by atoms with van der Waals surface area (Å²) < 4.78 is 50.8. The predicted octanol–water partition coefficient (Wildman–Crippen LogP) is 3.61. The molecule has 0 bridgehead atoms. The van der Waals surface area contributed by atoms with E-state index in [2.05, 4.69) is 27.8 Å². The van der Waals surface area contributed by atoms with E-state index in [1.54, 1.807) is 12.1 Å². The maximum atomic E-state index is 13.0. The van der Waals surface area contributed by atoms with Crippen molar-refractivity contribution < 1.29 is 22.6 Å². The lowest BCUT2D eigenvalue weighted by atomic mass is 10.1. The lowest BCUT2D eigenvalue weighted by Crippen LogP contribution is -2.24. The highest BCUT2D eigenvalue weighted by molar-refractivity contribution is 7.80. The van der Waals surface area contributed by atoms with Gasteiger partial charge in [0, 0.05) is 11.9 Å². The molecule has 3 aromatic rings. The zero-order chi connectivity index (χ0) is 21.5. The molecule has 11 heteroatoms. The Bertz CT molecular complexity index is 1140. The third kappa shape index (κ3) is 4.30. The topological polar surface area (TPSA) is 71.2 Å². The molecule has 0 aliphatic heterocycles. The van der Waals surface area contributed by atoms with Crippen molar-refractivity contribution in [2.24, 2.45) is 7.05 Å². The largest absolute Gasteiger partial charge is 0.573 e. The van der Waals surface area contributed by atoms with E-state index in [1.807, 2.05) is 6.07 Å². The molecule has 1 saturated carbocycles. The molecule has 30 heavy (non-hydrogen) atoms. The average molecular weight is 438 g/mol. The van der Waals surface area contributed by atoms with Gasteiger partial charge in [-0.25, -0.2) is 4.79 Å². The summed E-state index contributed by atoms with van der Waals surface area (Å²) in [7, 11) is 1.39. The van der Waals surface area contributed by atoms with Gasteiger partial charge in [-0.3, -0.25) is 0 Å². The van der Waals surface area contributed by atoms with Gasteiger partial charge in [0.15, 0.2) is 0 Å². The summed E-state index contributed by atoms with van der Waals surface area (Å²) in [6.45, 7) is -0.268. The lowest BCUT2D eigenvalue weighted by molar-refractivity contribution is -0.275. The highest BCUT2D eigenvalue weighted by Gasteiger charge is 2.33. The van der Waals surface area contributed by atoms with Crippen LogP contribution in [0, 0.1) is 0 Å². The molecule has 7 nitrogen and oxygen atoms in total. The molecule has 1 aliphatic carbocycles. The quantitative estimate of drug-likeness (QED) is 0.596. The Balaban J connectivity index is 1.74. The summed E-state index contributed by atoms with van der Waals surface area (Å²) >= 11 is 4.35. The van der Waals surface area contributed by atoms with Crippen molar-refractivity contribution in [3.63, 3.8) is 0 Å². The van der Waals surface area contributed by atoms with Crippen LogP contribution in [0.25, 0.3) is 5.69 Å². The first-order valence-corrected chi connectivity index (χ1v) is 9.50. The van der Waals surface area contributed by atoms with Crippen LogP contribution >= 0.6 is 12.6 Å². The van der Waals surface area contributed by atoms with Crippen LogP contribution in [0.3, 0.4) is 0 Å². The summed E-state index contributed by atoms with van der Waals surface area (Å²) in [4.78, 5) is 13.0. The second-order valence-electron chi connectivity index (χ2n) is 6.88. The van der Waals surface area contributed by atoms with Crippen LogP contribution in [0.2, 0.25) is 0 Å². The number of aromatic nitrogens is 4. The maximum absolute atomic E-state index is 13.0. The van der Waals surface area contributed by atoms with Crippen molar-refractivity contribution in [2.45, 2.75) is 36.6 Å². The zero-order valence-corrected chi connectivity index (χ0v) is 16.7. The first-order chi connectivity index (χ1) is 14.2. The monoisotopic (exact) mass is 438 g/mol. The zero-order valence-electron chi connectivity index (χ0n) is 15.8. The van der Waals surface area contributed by atoms with Crippen molar-refractivity contribution in [3.05, 3.63) is 58.0 Å².